The first kappa shape index (κ1) is 57.3. The van der Waals surface area contributed by atoms with E-state index in [1.165, 1.54) is 39.8 Å². The lowest BCUT2D eigenvalue weighted by Gasteiger charge is -2.67. The molecule has 0 radical (unpaired) electrons. The molecule has 1 aliphatic heterocycles. The van der Waals surface area contributed by atoms with E-state index in [1.54, 1.807) is 39.0 Å². The second-order valence-electron chi connectivity index (χ2n) is 20.6. The maximum absolute atomic E-state index is 15.1. The molecule has 9 N–H and O–H groups in total. The van der Waals surface area contributed by atoms with Crippen molar-refractivity contribution in [1.82, 2.24) is 5.32 Å². The average molecular weight is 1040 g/mol. The van der Waals surface area contributed by atoms with E-state index in [-0.39, 0.29) is 29.7 Å². The molecule has 24 nitrogen and oxygen atoms in total. The number of aliphatic hydroxyl groups excluding tert-OH is 2. The van der Waals surface area contributed by atoms with Crippen molar-refractivity contribution in [2.75, 3.05) is 19.5 Å². The number of carbonyl (C=O) groups excluding carboxylic acids is 8. The number of aliphatic hydroxyl groups is 3. The molecule has 25 heteroatoms. The van der Waals surface area contributed by atoms with Gasteiger partial charge < -0.3 is 65.3 Å². The van der Waals surface area contributed by atoms with Crippen LogP contribution in [-0.4, -0.2) is 161 Å². The van der Waals surface area contributed by atoms with E-state index < -0.39 is 165 Å². The molecule has 72 heavy (non-hydrogen) atoms. The molecular weight excluding hydrogens is 975 g/mol. The SMILES string of the molecule is CC(=O)O[C@@]12CO[C@@H]1C[C@H](O)[C@@]1(C)C(=O)[C@H](O)C3=C(C)[C@@H](OC(=O)C(OC(=O)COC(=O)C[C@H](N)C(N)=O)C(NC(=O)OC(C)(C)C)C4CC4)C[C@@](O)([C@@H](OC(=O)c4ccccc4)[C@H]21)C3(C)C.CS(=O)(=O)O. The van der Waals surface area contributed by atoms with Gasteiger partial charge in [0.1, 0.15) is 35.6 Å². The van der Waals surface area contributed by atoms with Crippen molar-refractivity contribution in [1.29, 1.82) is 0 Å². The van der Waals surface area contributed by atoms with Gasteiger partial charge in [-0.15, -0.1) is 0 Å². The van der Waals surface area contributed by atoms with Gasteiger partial charge in [-0.2, -0.15) is 8.42 Å². The molecule has 2 amide bonds. The summed E-state index contributed by atoms with van der Waals surface area (Å²) in [6.07, 6.45) is -11.2. The molecule has 6 rings (SSSR count). The fourth-order valence-electron chi connectivity index (χ4n) is 10.2. The summed E-state index contributed by atoms with van der Waals surface area (Å²) in [4.78, 5) is 107. The highest BCUT2D eigenvalue weighted by atomic mass is 32.2. The van der Waals surface area contributed by atoms with Gasteiger partial charge in [0.15, 0.2) is 18.0 Å². The first-order valence-corrected chi connectivity index (χ1v) is 24.9. The first-order valence-electron chi connectivity index (χ1n) is 23.0. The number of benzene rings is 1. The number of Topliss-reactive ketones (excluding diaryl/α,β-unsaturated/α-hetero) is 1. The molecular formula is C47H65N3O21S. The van der Waals surface area contributed by atoms with Crippen LogP contribution in [0, 0.1) is 22.7 Å². The number of amides is 2. The number of hydrogen-bond donors (Lipinski definition) is 7. The molecule has 0 spiro atoms. The fraction of sp³-hybridized carbons (Fsp3) is 0.660. The molecule has 4 fully saturated rings. The largest absolute Gasteiger partial charge is 0.455 e. The number of nitrogens with one attached hydrogen (secondary N) is 1. The second-order valence-corrected chi connectivity index (χ2v) is 22.1. The lowest BCUT2D eigenvalue weighted by atomic mass is 9.44. The Bertz CT molecular complexity index is 2450. The van der Waals surface area contributed by atoms with Crippen LogP contribution in [0.1, 0.15) is 97.9 Å². The Kier molecular flexibility index (Phi) is 16.8. The zero-order valence-corrected chi connectivity index (χ0v) is 42.2. The molecule has 1 heterocycles. The predicted octanol–water partition coefficient (Wildman–Crippen LogP) is 0.0977. The Balaban J connectivity index is 0.00000183. The van der Waals surface area contributed by atoms with Crippen molar-refractivity contribution in [2.45, 2.75) is 153 Å². The summed E-state index contributed by atoms with van der Waals surface area (Å²) in [5, 5.41) is 40.4. The van der Waals surface area contributed by atoms with Crippen molar-refractivity contribution in [3.8, 4) is 0 Å². The van der Waals surface area contributed by atoms with Gasteiger partial charge in [-0.3, -0.25) is 23.7 Å². The number of ether oxygens (including phenoxy) is 7. The van der Waals surface area contributed by atoms with Crippen molar-refractivity contribution in [3.05, 3.63) is 47.0 Å². The fourth-order valence-corrected chi connectivity index (χ4v) is 10.2. The third-order valence-corrected chi connectivity index (χ3v) is 13.9. The molecule has 2 bridgehead atoms. The van der Waals surface area contributed by atoms with Gasteiger partial charge in [-0.25, -0.2) is 19.2 Å². The van der Waals surface area contributed by atoms with Crippen molar-refractivity contribution < 1.29 is 99.8 Å². The third-order valence-electron chi connectivity index (χ3n) is 13.9. The molecule has 12 atom stereocenters. The van der Waals surface area contributed by atoms with E-state index in [0.717, 1.165) is 6.92 Å². The van der Waals surface area contributed by atoms with Gasteiger partial charge in [0.25, 0.3) is 10.1 Å². The van der Waals surface area contributed by atoms with Crippen LogP contribution in [0.4, 0.5) is 4.79 Å². The van der Waals surface area contributed by atoms with E-state index in [9.17, 15) is 57.3 Å². The summed E-state index contributed by atoms with van der Waals surface area (Å²) in [6, 6.07) is 4.95. The van der Waals surface area contributed by atoms with Gasteiger partial charge in [0.2, 0.25) is 12.0 Å². The highest BCUT2D eigenvalue weighted by Gasteiger charge is 2.78. The molecule has 1 aromatic rings. The van der Waals surface area contributed by atoms with Gasteiger partial charge in [0, 0.05) is 25.2 Å². The Labute approximate surface area is 415 Å². The lowest BCUT2D eigenvalue weighted by molar-refractivity contribution is -0.346. The average Bonchev–Trinajstić information content (AvgIpc) is 4.10. The molecule has 1 aromatic carbocycles. The summed E-state index contributed by atoms with van der Waals surface area (Å²) >= 11 is 0. The highest BCUT2D eigenvalue weighted by Crippen LogP contribution is 2.64. The van der Waals surface area contributed by atoms with Crippen LogP contribution < -0.4 is 16.8 Å². The number of rotatable bonds is 14. The number of ketones is 1. The maximum atomic E-state index is 15.1. The minimum Gasteiger partial charge on any atom is -0.455 e. The lowest BCUT2D eigenvalue weighted by Crippen LogP contribution is -2.81. The molecule has 5 aliphatic rings. The summed E-state index contributed by atoms with van der Waals surface area (Å²) in [7, 11) is -3.67. The van der Waals surface area contributed by atoms with E-state index in [2.05, 4.69) is 5.32 Å². The predicted molar refractivity (Wildman–Crippen MR) is 245 cm³/mol. The van der Waals surface area contributed by atoms with Crippen LogP contribution in [0.3, 0.4) is 0 Å². The zero-order valence-electron chi connectivity index (χ0n) is 41.4. The minimum atomic E-state index is -3.67. The van der Waals surface area contributed by atoms with E-state index >= 15 is 4.79 Å². The number of esters is 5. The number of carbonyl (C=O) groups is 8. The minimum absolute atomic E-state index is 0.0266. The van der Waals surface area contributed by atoms with Crippen molar-refractivity contribution in [3.63, 3.8) is 0 Å². The molecule has 1 saturated heterocycles. The standard InChI is InChI=1S/C46H61N3O18.CH4O3S/c1-21-26(63-40(58)34(32(23-14-15-23)49-41(59)67-42(3,4)5)64-30(53)19-61-29(52)16-25(47)38(48)56)18-46(60)37(65-39(57)24-12-10-9-11-13-24)35-44(8,36(55)33(54)31(21)43(46,6)7)27(51)17-28-45(35,20-62-28)66-22(2)50;1-5(2,3)4/h9-13,23,25-28,32-35,37,51,54,60H,14-20,47H2,1-8H3,(H2,48,56)(H,49,59);1H3,(H,2,3,4)/t25-,26-,27-,28+,32?,33+,34?,35-,37-,44+,45-,46+;/m0./s1. The second kappa shape index (κ2) is 21.1. The quantitative estimate of drug-likeness (QED) is 0.0562. The number of nitrogens with two attached hydrogens (primary N) is 2. The zero-order chi connectivity index (χ0) is 54.3. The van der Waals surface area contributed by atoms with Crippen LogP contribution in [0.25, 0.3) is 0 Å². The monoisotopic (exact) mass is 1040 g/mol. The number of hydrogen-bond acceptors (Lipinski definition) is 21. The normalized spacial score (nSPS) is 30.7. The molecule has 400 valence electrons. The Morgan fingerprint density at radius 2 is 1.58 bits per heavy atom. The van der Waals surface area contributed by atoms with E-state index in [0.29, 0.717) is 19.1 Å². The molecule has 4 aliphatic carbocycles. The summed E-state index contributed by atoms with van der Waals surface area (Å²) in [5.41, 5.74) is 1.50. The summed E-state index contributed by atoms with van der Waals surface area (Å²) in [6.45, 7) is 10.3. The van der Waals surface area contributed by atoms with Gasteiger partial charge in [-0.05, 0) is 76.7 Å². The van der Waals surface area contributed by atoms with Crippen LogP contribution in [0.15, 0.2) is 41.5 Å². The van der Waals surface area contributed by atoms with Gasteiger partial charge in [-0.1, -0.05) is 32.0 Å². The van der Waals surface area contributed by atoms with Gasteiger partial charge in [0.05, 0.1) is 54.4 Å². The molecule has 0 aromatic heterocycles. The number of primary amides is 1. The van der Waals surface area contributed by atoms with Crippen LogP contribution in [0.2, 0.25) is 0 Å². The third kappa shape index (κ3) is 12.1. The van der Waals surface area contributed by atoms with Crippen LogP contribution >= 0.6 is 0 Å². The Hall–Kier alpha value is -5.57. The smallest absolute Gasteiger partial charge is 0.408 e. The molecule has 2 unspecified atom stereocenters. The highest BCUT2D eigenvalue weighted by molar-refractivity contribution is 7.85. The Morgan fingerprint density at radius 1 is 0.986 bits per heavy atom. The van der Waals surface area contributed by atoms with Crippen LogP contribution in [0.5, 0.6) is 0 Å². The summed E-state index contributed by atoms with van der Waals surface area (Å²) in [5.74, 6) is -9.55. The van der Waals surface area contributed by atoms with Crippen molar-refractivity contribution >= 4 is 57.7 Å². The number of fused-ring (bicyclic) bond motifs is 5. The van der Waals surface area contributed by atoms with Gasteiger partial charge >= 0.3 is 35.9 Å². The first-order chi connectivity index (χ1) is 33.1. The van der Waals surface area contributed by atoms with Crippen molar-refractivity contribution in [2.24, 2.45) is 34.1 Å². The topological polar surface area (TPSA) is 380 Å². The van der Waals surface area contributed by atoms with Crippen LogP contribution in [-0.2, 0) is 72.0 Å². The Morgan fingerprint density at radius 3 is 2.10 bits per heavy atom. The maximum Gasteiger partial charge on any atom is 0.408 e. The number of alkyl carbamates (subject to hydrolysis) is 1. The van der Waals surface area contributed by atoms with E-state index in [1.807, 2.05) is 0 Å². The van der Waals surface area contributed by atoms with E-state index in [4.69, 9.17) is 49.2 Å². The molecule has 3 saturated carbocycles. The summed E-state index contributed by atoms with van der Waals surface area (Å²) < 4.78 is 66.2.